The lowest BCUT2D eigenvalue weighted by Crippen LogP contribution is -2.06. The van der Waals surface area contributed by atoms with Gasteiger partial charge in [0.1, 0.15) is 5.75 Å². The van der Waals surface area contributed by atoms with Gasteiger partial charge in [-0.05, 0) is 24.6 Å². The highest BCUT2D eigenvalue weighted by atomic mass is 32.1. The minimum Gasteiger partial charge on any atom is -0.494 e. The smallest absolute Gasteiger partial charge is 0.183 e. The number of nitrogens with zero attached hydrogens (tertiary/aromatic N) is 1. The van der Waals surface area contributed by atoms with E-state index < -0.39 is 0 Å². The highest BCUT2D eigenvalue weighted by Gasteiger charge is 2.04. The number of thiazole rings is 1. The molecule has 2 aromatic rings. The van der Waals surface area contributed by atoms with Gasteiger partial charge >= 0.3 is 0 Å². The Kier molecular flexibility index (Phi) is 4.78. The topological polar surface area (TPSA) is 43.4 Å². The van der Waals surface area contributed by atoms with E-state index in [1.165, 1.54) is 0 Å². The normalized spacial score (nSPS) is 10.8. The van der Waals surface area contributed by atoms with Crippen molar-refractivity contribution in [1.29, 1.82) is 0 Å². The van der Waals surface area contributed by atoms with Gasteiger partial charge in [0.25, 0.3) is 0 Å². The number of nitrogens with one attached hydrogen (secondary N) is 1. The number of hydrogen-bond donors (Lipinski definition) is 1. The third-order valence-electron chi connectivity index (χ3n) is 2.42. The lowest BCUT2D eigenvalue weighted by molar-refractivity contribution is 0.211. The molecule has 5 heteroatoms. The highest BCUT2D eigenvalue weighted by Crippen LogP contribution is 2.29. The van der Waals surface area contributed by atoms with Crippen molar-refractivity contribution < 1.29 is 9.47 Å². The number of benzene rings is 1. The fourth-order valence-corrected chi connectivity index (χ4v) is 2.47. The molecule has 0 fully saturated rings. The number of hydrogen-bond acceptors (Lipinski definition) is 5. The molecule has 0 amide bonds. The van der Waals surface area contributed by atoms with Crippen molar-refractivity contribution in [3.63, 3.8) is 0 Å². The molecule has 98 valence electrons. The summed E-state index contributed by atoms with van der Waals surface area (Å²) in [6.45, 7) is 4.31. The fraction of sp³-hybridized carbons (Fsp3) is 0.462. The molecule has 0 saturated carbocycles. The van der Waals surface area contributed by atoms with Gasteiger partial charge in [0.2, 0.25) is 0 Å². The van der Waals surface area contributed by atoms with E-state index in [-0.39, 0.29) is 0 Å². The molecule has 0 radical (unpaired) electrons. The molecule has 0 aliphatic rings. The van der Waals surface area contributed by atoms with Gasteiger partial charge in [0.05, 0.1) is 23.4 Å². The first-order valence-corrected chi connectivity index (χ1v) is 6.91. The summed E-state index contributed by atoms with van der Waals surface area (Å²) in [4.78, 5) is 4.50. The maximum absolute atomic E-state index is 5.61. The lowest BCUT2D eigenvalue weighted by Gasteiger charge is -2.02. The number of fused-ring (bicyclic) bond motifs is 1. The number of aromatic nitrogens is 1. The Morgan fingerprint density at radius 3 is 3.00 bits per heavy atom. The molecule has 1 N–H and O–H groups in total. The van der Waals surface area contributed by atoms with Crippen molar-refractivity contribution in [3.05, 3.63) is 18.2 Å². The zero-order valence-electron chi connectivity index (χ0n) is 10.7. The Morgan fingerprint density at radius 2 is 2.22 bits per heavy atom. The van der Waals surface area contributed by atoms with Crippen LogP contribution >= 0.6 is 11.3 Å². The first kappa shape index (κ1) is 13.1. The van der Waals surface area contributed by atoms with E-state index in [0.29, 0.717) is 6.61 Å². The van der Waals surface area contributed by atoms with Crippen LogP contribution in [0.2, 0.25) is 0 Å². The van der Waals surface area contributed by atoms with Crippen LogP contribution in [-0.4, -0.2) is 31.9 Å². The van der Waals surface area contributed by atoms with Gasteiger partial charge in [0, 0.05) is 13.7 Å². The lowest BCUT2D eigenvalue weighted by atomic mass is 10.3. The Labute approximate surface area is 111 Å². The van der Waals surface area contributed by atoms with Crippen LogP contribution in [0.4, 0.5) is 5.13 Å². The van der Waals surface area contributed by atoms with Crippen LogP contribution in [0.15, 0.2) is 18.2 Å². The molecule has 2 rings (SSSR count). The molecular formula is C13H18N2O2S. The number of anilines is 1. The summed E-state index contributed by atoms with van der Waals surface area (Å²) in [5, 5.41) is 4.16. The van der Waals surface area contributed by atoms with Crippen LogP contribution in [0.25, 0.3) is 10.2 Å². The summed E-state index contributed by atoms with van der Waals surface area (Å²) in [6, 6.07) is 6.01. The van der Waals surface area contributed by atoms with Crippen molar-refractivity contribution in [2.75, 3.05) is 32.2 Å². The predicted molar refractivity (Wildman–Crippen MR) is 75.8 cm³/mol. The second-order valence-electron chi connectivity index (χ2n) is 3.92. The second-order valence-corrected chi connectivity index (χ2v) is 4.95. The first-order valence-electron chi connectivity index (χ1n) is 6.09. The molecule has 1 heterocycles. The van der Waals surface area contributed by atoms with E-state index in [0.717, 1.165) is 40.7 Å². The zero-order valence-corrected chi connectivity index (χ0v) is 11.5. The minimum atomic E-state index is 0.681. The summed E-state index contributed by atoms with van der Waals surface area (Å²) < 4.78 is 11.7. The first-order chi connectivity index (χ1) is 8.83. The molecule has 1 aromatic heterocycles. The number of rotatable bonds is 7. The van der Waals surface area contributed by atoms with Crippen molar-refractivity contribution in [2.24, 2.45) is 0 Å². The summed E-state index contributed by atoms with van der Waals surface area (Å²) in [7, 11) is 1.69. The maximum Gasteiger partial charge on any atom is 0.183 e. The van der Waals surface area contributed by atoms with Gasteiger partial charge < -0.3 is 14.8 Å². The van der Waals surface area contributed by atoms with E-state index in [4.69, 9.17) is 9.47 Å². The van der Waals surface area contributed by atoms with E-state index in [1.54, 1.807) is 18.4 Å². The van der Waals surface area contributed by atoms with Crippen molar-refractivity contribution in [3.8, 4) is 5.75 Å². The Bertz CT molecular complexity index is 499. The van der Waals surface area contributed by atoms with Gasteiger partial charge in [-0.1, -0.05) is 18.3 Å². The predicted octanol–water partition coefficient (Wildman–Crippen LogP) is 3.14. The van der Waals surface area contributed by atoms with Gasteiger partial charge in [-0.2, -0.15) is 0 Å². The highest BCUT2D eigenvalue weighted by molar-refractivity contribution is 7.22. The molecule has 0 spiro atoms. The van der Waals surface area contributed by atoms with E-state index in [9.17, 15) is 0 Å². The van der Waals surface area contributed by atoms with E-state index in [2.05, 4.69) is 17.2 Å². The summed E-state index contributed by atoms with van der Waals surface area (Å²) in [5.74, 6) is 0.913. The molecule has 0 unspecified atom stereocenters. The van der Waals surface area contributed by atoms with Crippen LogP contribution < -0.4 is 10.1 Å². The van der Waals surface area contributed by atoms with Crippen LogP contribution in [-0.2, 0) is 4.74 Å². The molecule has 0 aliphatic carbocycles. The SMILES string of the molecule is CCCOc1ccc2nc(NCCOC)sc2c1. The van der Waals surface area contributed by atoms with Gasteiger partial charge in [-0.25, -0.2) is 4.98 Å². The summed E-state index contributed by atoms with van der Waals surface area (Å²) in [5.41, 5.74) is 1.00. The molecule has 0 aliphatic heterocycles. The van der Waals surface area contributed by atoms with Crippen LogP contribution in [0.1, 0.15) is 13.3 Å². The average Bonchev–Trinajstić information content (AvgIpc) is 2.78. The van der Waals surface area contributed by atoms with Gasteiger partial charge in [-0.15, -0.1) is 0 Å². The van der Waals surface area contributed by atoms with E-state index in [1.807, 2.05) is 18.2 Å². The largest absolute Gasteiger partial charge is 0.494 e. The molecular weight excluding hydrogens is 248 g/mol. The van der Waals surface area contributed by atoms with Crippen molar-refractivity contribution >= 4 is 26.7 Å². The molecule has 4 nitrogen and oxygen atoms in total. The average molecular weight is 266 g/mol. The summed E-state index contributed by atoms with van der Waals surface area (Å²) >= 11 is 1.64. The number of methoxy groups -OCH3 is 1. The Balaban J connectivity index is 2.07. The Hall–Kier alpha value is -1.33. The van der Waals surface area contributed by atoms with Gasteiger partial charge in [0.15, 0.2) is 5.13 Å². The zero-order chi connectivity index (χ0) is 12.8. The quantitative estimate of drug-likeness (QED) is 0.782. The molecule has 0 saturated heterocycles. The van der Waals surface area contributed by atoms with Crippen LogP contribution in [0, 0.1) is 0 Å². The third kappa shape index (κ3) is 3.34. The monoisotopic (exact) mass is 266 g/mol. The summed E-state index contributed by atoms with van der Waals surface area (Å²) in [6.07, 6.45) is 1.02. The van der Waals surface area contributed by atoms with Crippen molar-refractivity contribution in [2.45, 2.75) is 13.3 Å². The molecule has 1 aromatic carbocycles. The van der Waals surface area contributed by atoms with Crippen LogP contribution in [0.5, 0.6) is 5.75 Å². The van der Waals surface area contributed by atoms with Gasteiger partial charge in [-0.3, -0.25) is 0 Å². The fourth-order valence-electron chi connectivity index (χ4n) is 1.55. The van der Waals surface area contributed by atoms with E-state index >= 15 is 0 Å². The maximum atomic E-state index is 5.61. The molecule has 18 heavy (non-hydrogen) atoms. The third-order valence-corrected chi connectivity index (χ3v) is 3.39. The van der Waals surface area contributed by atoms with Crippen molar-refractivity contribution in [1.82, 2.24) is 4.98 Å². The Morgan fingerprint density at radius 1 is 1.33 bits per heavy atom. The molecule has 0 bridgehead atoms. The second kappa shape index (κ2) is 6.56. The standard InChI is InChI=1S/C13H18N2O2S/c1-3-7-17-10-4-5-11-12(9-10)18-13(15-11)14-6-8-16-2/h4-5,9H,3,6-8H2,1-2H3,(H,14,15). The number of ether oxygens (including phenoxy) is 2. The van der Waals surface area contributed by atoms with Crippen LogP contribution in [0.3, 0.4) is 0 Å². The minimum absolute atomic E-state index is 0.681. The molecule has 0 atom stereocenters.